The first-order chi connectivity index (χ1) is 8.16. The Hall–Kier alpha value is -1.35. The molecule has 0 amide bonds. The van der Waals surface area contributed by atoms with Gasteiger partial charge in [0.25, 0.3) is 5.69 Å². The van der Waals surface area contributed by atoms with E-state index in [0.29, 0.717) is 0 Å². The number of benzene rings is 1. The van der Waals surface area contributed by atoms with Crippen molar-refractivity contribution in [2.45, 2.75) is 19.8 Å². The number of nitrogens with zero attached hydrogens (tertiary/aromatic N) is 1. The molecule has 2 atom stereocenters. The van der Waals surface area contributed by atoms with Crippen LogP contribution in [-0.2, 0) is 6.42 Å². The van der Waals surface area contributed by atoms with Crippen LogP contribution in [0.5, 0.6) is 0 Å². The van der Waals surface area contributed by atoms with Crippen molar-refractivity contribution in [2.24, 2.45) is 11.8 Å². The maximum absolute atomic E-state index is 9.32. The van der Waals surface area contributed by atoms with Crippen molar-refractivity contribution in [1.82, 2.24) is 5.32 Å². The first kappa shape index (κ1) is 12.1. The first-order valence-corrected chi connectivity index (χ1v) is 6.26. The van der Waals surface area contributed by atoms with Crippen LogP contribution in [0, 0.1) is 11.8 Å². The van der Waals surface area contributed by atoms with E-state index in [1.54, 1.807) is 0 Å². The molecule has 2 unspecified atom stereocenters. The van der Waals surface area contributed by atoms with Gasteiger partial charge in [0.2, 0.25) is 0 Å². The van der Waals surface area contributed by atoms with Gasteiger partial charge < -0.3 is 5.32 Å². The van der Waals surface area contributed by atoms with Gasteiger partial charge in [-0.1, -0.05) is 19.1 Å². The lowest BCUT2D eigenvalue weighted by atomic mass is 9.83. The Bertz CT molecular complexity index is 403. The Morgan fingerprint density at radius 2 is 2.35 bits per heavy atom. The average molecular weight is 233 g/mol. The van der Waals surface area contributed by atoms with Crippen LogP contribution >= 0.6 is 0 Å². The van der Waals surface area contributed by atoms with Crippen LogP contribution in [0.2, 0.25) is 0 Å². The highest BCUT2D eigenvalue weighted by Gasteiger charge is 2.21. The molecule has 0 bridgehead atoms. The third-order valence-electron chi connectivity index (χ3n) is 3.67. The van der Waals surface area contributed by atoms with Crippen molar-refractivity contribution in [3.8, 4) is 0 Å². The average Bonchev–Trinajstić information content (AvgIpc) is 2.32. The Kier molecular flexibility index (Phi) is 3.79. The number of rotatable bonds is 3. The second kappa shape index (κ2) is 5.32. The molecule has 3 nitrogen and oxygen atoms in total. The Labute approximate surface area is 103 Å². The van der Waals surface area contributed by atoms with Crippen molar-refractivity contribution in [2.75, 3.05) is 13.1 Å². The standard InChI is InChI=1S/C14H21N2O/c1-11-10-15-7-6-13(11)8-12-4-3-5-14(9-12)16(2)17/h3-5,9,11,13,15,17H,2,6-8,10H2,1H3/q+1. The fourth-order valence-electron chi connectivity index (χ4n) is 2.52. The molecular formula is C14H21N2O+. The second-order valence-corrected chi connectivity index (χ2v) is 5.00. The predicted octanol–water partition coefficient (Wildman–Crippen LogP) is 2.21. The van der Waals surface area contributed by atoms with Gasteiger partial charge in [-0.05, 0) is 43.3 Å². The molecule has 1 fully saturated rings. The zero-order chi connectivity index (χ0) is 12.3. The molecule has 92 valence electrons. The van der Waals surface area contributed by atoms with Gasteiger partial charge >= 0.3 is 0 Å². The topological polar surface area (TPSA) is 35.3 Å². The van der Waals surface area contributed by atoms with E-state index in [9.17, 15) is 5.21 Å². The van der Waals surface area contributed by atoms with Gasteiger partial charge in [0.15, 0.2) is 6.72 Å². The van der Waals surface area contributed by atoms with E-state index < -0.39 is 0 Å². The minimum atomic E-state index is 0.720. The van der Waals surface area contributed by atoms with Gasteiger partial charge in [0, 0.05) is 16.9 Å². The number of piperidine rings is 1. The molecule has 1 aliphatic heterocycles. The van der Waals surface area contributed by atoms with Crippen LogP contribution in [0.3, 0.4) is 0 Å². The molecule has 17 heavy (non-hydrogen) atoms. The number of nitrogens with one attached hydrogen (secondary N) is 1. The Morgan fingerprint density at radius 1 is 1.53 bits per heavy atom. The third-order valence-corrected chi connectivity index (χ3v) is 3.67. The second-order valence-electron chi connectivity index (χ2n) is 5.00. The van der Waals surface area contributed by atoms with Gasteiger partial charge in [-0.15, -0.1) is 0 Å². The van der Waals surface area contributed by atoms with Crippen molar-refractivity contribution in [3.05, 3.63) is 29.8 Å². The van der Waals surface area contributed by atoms with Gasteiger partial charge in [-0.25, -0.2) is 0 Å². The maximum atomic E-state index is 9.32. The summed E-state index contributed by atoms with van der Waals surface area (Å²) < 4.78 is 0.926. The summed E-state index contributed by atoms with van der Waals surface area (Å²) >= 11 is 0. The van der Waals surface area contributed by atoms with E-state index in [1.165, 1.54) is 12.0 Å². The lowest BCUT2D eigenvalue weighted by Gasteiger charge is -2.29. The molecule has 0 aromatic heterocycles. The fraction of sp³-hybridized carbons (Fsp3) is 0.500. The van der Waals surface area contributed by atoms with E-state index in [2.05, 4.69) is 25.0 Å². The van der Waals surface area contributed by atoms with E-state index in [-0.39, 0.29) is 0 Å². The summed E-state index contributed by atoms with van der Waals surface area (Å²) in [6.45, 7) is 8.03. The molecule has 1 aromatic carbocycles. The highest BCUT2D eigenvalue weighted by molar-refractivity contribution is 5.36. The summed E-state index contributed by atoms with van der Waals surface area (Å²) in [6, 6.07) is 7.98. The predicted molar refractivity (Wildman–Crippen MR) is 69.1 cm³/mol. The summed E-state index contributed by atoms with van der Waals surface area (Å²) in [4.78, 5) is 0. The summed E-state index contributed by atoms with van der Waals surface area (Å²) in [5.74, 6) is 1.46. The molecule has 2 rings (SSSR count). The van der Waals surface area contributed by atoms with Crippen LogP contribution in [0.1, 0.15) is 18.9 Å². The molecule has 1 aliphatic rings. The molecule has 0 radical (unpaired) electrons. The zero-order valence-corrected chi connectivity index (χ0v) is 10.4. The molecule has 1 saturated heterocycles. The van der Waals surface area contributed by atoms with Crippen LogP contribution in [0.25, 0.3) is 0 Å². The molecule has 0 spiro atoms. The SMILES string of the molecule is C=[N+](O)c1cccc(CC2CCNCC2C)c1. The van der Waals surface area contributed by atoms with E-state index in [1.807, 2.05) is 18.2 Å². The van der Waals surface area contributed by atoms with Gasteiger partial charge in [0.05, 0.1) is 0 Å². The Balaban J connectivity index is 2.07. The van der Waals surface area contributed by atoms with E-state index >= 15 is 0 Å². The first-order valence-electron chi connectivity index (χ1n) is 6.26. The molecular weight excluding hydrogens is 212 g/mol. The number of hydrogen-bond acceptors (Lipinski definition) is 2. The van der Waals surface area contributed by atoms with Crippen LogP contribution < -0.4 is 5.32 Å². The fourth-order valence-corrected chi connectivity index (χ4v) is 2.52. The van der Waals surface area contributed by atoms with Gasteiger partial charge in [0.1, 0.15) is 0 Å². The third kappa shape index (κ3) is 3.07. The van der Waals surface area contributed by atoms with Crippen molar-refractivity contribution in [3.63, 3.8) is 0 Å². The van der Waals surface area contributed by atoms with E-state index in [4.69, 9.17) is 0 Å². The van der Waals surface area contributed by atoms with Gasteiger partial charge in [-0.2, -0.15) is 0 Å². The van der Waals surface area contributed by atoms with Crippen molar-refractivity contribution < 1.29 is 9.95 Å². The van der Waals surface area contributed by atoms with Crippen molar-refractivity contribution >= 4 is 12.4 Å². The largest absolute Gasteiger partial charge is 0.316 e. The zero-order valence-electron chi connectivity index (χ0n) is 10.4. The minimum Gasteiger partial charge on any atom is -0.316 e. The maximum Gasteiger partial charge on any atom is 0.256 e. The molecule has 3 heteroatoms. The number of hydrogen-bond donors (Lipinski definition) is 2. The monoisotopic (exact) mass is 233 g/mol. The van der Waals surface area contributed by atoms with Crippen LogP contribution in [0.4, 0.5) is 5.69 Å². The van der Waals surface area contributed by atoms with E-state index in [0.717, 1.165) is 41.8 Å². The lowest BCUT2D eigenvalue weighted by molar-refractivity contribution is -0.706. The molecule has 1 heterocycles. The summed E-state index contributed by atoms with van der Waals surface area (Å²) in [5.41, 5.74) is 2.04. The summed E-state index contributed by atoms with van der Waals surface area (Å²) in [5, 5.41) is 12.7. The molecule has 0 aliphatic carbocycles. The van der Waals surface area contributed by atoms with Crippen LogP contribution in [-0.4, -0.2) is 29.8 Å². The lowest BCUT2D eigenvalue weighted by Crippen LogP contribution is -2.35. The smallest absolute Gasteiger partial charge is 0.256 e. The summed E-state index contributed by atoms with van der Waals surface area (Å²) in [6.07, 6.45) is 2.32. The molecule has 1 aromatic rings. The quantitative estimate of drug-likeness (QED) is 0.363. The molecule has 0 saturated carbocycles. The molecule has 2 N–H and O–H groups in total. The minimum absolute atomic E-state index is 0.720. The highest BCUT2D eigenvalue weighted by atomic mass is 16.5. The van der Waals surface area contributed by atoms with Gasteiger partial charge in [-0.3, -0.25) is 5.21 Å². The van der Waals surface area contributed by atoms with Crippen molar-refractivity contribution in [1.29, 1.82) is 0 Å². The summed E-state index contributed by atoms with van der Waals surface area (Å²) in [7, 11) is 0. The highest BCUT2D eigenvalue weighted by Crippen LogP contribution is 2.24. The Morgan fingerprint density at radius 3 is 3.06 bits per heavy atom. The van der Waals surface area contributed by atoms with Crippen LogP contribution in [0.15, 0.2) is 24.3 Å². The normalized spacial score (nSPS) is 24.5.